The fourth-order valence-electron chi connectivity index (χ4n) is 1.64. The number of carbonyl (C=O) groups is 1. The van der Waals surface area contributed by atoms with Gasteiger partial charge in [-0.25, -0.2) is 0 Å². The van der Waals surface area contributed by atoms with Gasteiger partial charge in [0.2, 0.25) is 0 Å². The molecule has 0 bridgehead atoms. The number of amides is 1. The van der Waals surface area contributed by atoms with Gasteiger partial charge in [0.05, 0.1) is 0 Å². The fourth-order valence-corrected chi connectivity index (χ4v) is 1.64. The summed E-state index contributed by atoms with van der Waals surface area (Å²) >= 11 is 0. The van der Waals surface area contributed by atoms with Crippen LogP contribution in [-0.2, 0) is 6.42 Å². The van der Waals surface area contributed by atoms with Crippen LogP contribution in [0.15, 0.2) is 10.8 Å². The first-order valence-electron chi connectivity index (χ1n) is 5.38. The molecule has 1 rings (SSSR count). The van der Waals surface area contributed by atoms with Crippen LogP contribution in [0.25, 0.3) is 0 Å². The van der Waals surface area contributed by atoms with Gasteiger partial charge in [-0.1, -0.05) is 38.3 Å². The van der Waals surface area contributed by atoms with Crippen LogP contribution in [0, 0.1) is 5.92 Å². The highest BCUT2D eigenvalue weighted by Gasteiger charge is 2.15. The second kappa shape index (κ2) is 5.53. The van der Waals surface area contributed by atoms with Crippen molar-refractivity contribution in [1.82, 2.24) is 5.16 Å². The first-order valence-corrected chi connectivity index (χ1v) is 5.38. The topological polar surface area (TPSA) is 69.1 Å². The summed E-state index contributed by atoms with van der Waals surface area (Å²) in [6, 6.07) is 0. The van der Waals surface area contributed by atoms with Crippen molar-refractivity contribution < 1.29 is 9.32 Å². The van der Waals surface area contributed by atoms with Gasteiger partial charge in [-0.3, -0.25) is 4.79 Å². The normalized spacial score (nSPS) is 12.7. The molecular formula is C11H18N2O2. The minimum absolute atomic E-state index is 0.276. The zero-order chi connectivity index (χ0) is 11.3. The second-order valence-corrected chi connectivity index (χ2v) is 4.00. The molecule has 0 aliphatic rings. The maximum Gasteiger partial charge on any atom is 0.271 e. The van der Waals surface area contributed by atoms with Gasteiger partial charge >= 0.3 is 0 Å². The van der Waals surface area contributed by atoms with Crippen molar-refractivity contribution in [3.05, 3.63) is 17.5 Å². The fraction of sp³-hybridized carbons (Fsp3) is 0.636. The maximum atomic E-state index is 11.0. The van der Waals surface area contributed by atoms with Gasteiger partial charge in [0.1, 0.15) is 6.26 Å². The van der Waals surface area contributed by atoms with E-state index in [4.69, 9.17) is 10.3 Å². The number of primary amides is 1. The van der Waals surface area contributed by atoms with E-state index >= 15 is 0 Å². The molecule has 1 unspecified atom stereocenters. The molecule has 4 nitrogen and oxygen atoms in total. The lowest BCUT2D eigenvalue weighted by molar-refractivity contribution is 0.0991. The van der Waals surface area contributed by atoms with Crippen molar-refractivity contribution in [1.29, 1.82) is 0 Å². The van der Waals surface area contributed by atoms with Crippen LogP contribution >= 0.6 is 0 Å². The lowest BCUT2D eigenvalue weighted by Gasteiger charge is -2.08. The van der Waals surface area contributed by atoms with Crippen molar-refractivity contribution in [3.63, 3.8) is 0 Å². The van der Waals surface area contributed by atoms with E-state index in [2.05, 4.69) is 19.0 Å². The van der Waals surface area contributed by atoms with Crippen LogP contribution in [0.2, 0.25) is 0 Å². The molecule has 15 heavy (non-hydrogen) atoms. The van der Waals surface area contributed by atoms with Crippen molar-refractivity contribution in [2.75, 3.05) is 0 Å². The van der Waals surface area contributed by atoms with Gasteiger partial charge < -0.3 is 10.3 Å². The average Bonchev–Trinajstić information content (AvgIpc) is 2.62. The lowest BCUT2D eigenvalue weighted by Crippen LogP contribution is -2.14. The molecule has 1 amide bonds. The Bertz CT molecular complexity index is 320. The predicted molar refractivity (Wildman–Crippen MR) is 57.4 cm³/mol. The molecule has 0 aliphatic heterocycles. The third kappa shape index (κ3) is 3.38. The third-order valence-corrected chi connectivity index (χ3v) is 2.50. The monoisotopic (exact) mass is 210 g/mol. The summed E-state index contributed by atoms with van der Waals surface area (Å²) in [6.07, 6.45) is 5.87. The molecule has 0 saturated heterocycles. The minimum atomic E-state index is -0.513. The quantitative estimate of drug-likeness (QED) is 0.782. The van der Waals surface area contributed by atoms with E-state index in [1.165, 1.54) is 19.1 Å². The smallest absolute Gasteiger partial charge is 0.271 e. The second-order valence-electron chi connectivity index (χ2n) is 4.00. The van der Waals surface area contributed by atoms with E-state index in [1.807, 2.05) is 0 Å². The molecule has 1 heterocycles. The van der Waals surface area contributed by atoms with Gasteiger partial charge in [-0.05, 0) is 12.3 Å². The molecule has 84 valence electrons. The van der Waals surface area contributed by atoms with E-state index < -0.39 is 5.91 Å². The number of hydrogen-bond acceptors (Lipinski definition) is 3. The Hall–Kier alpha value is -1.32. The summed E-state index contributed by atoms with van der Waals surface area (Å²) in [5.41, 5.74) is 6.27. The summed E-state index contributed by atoms with van der Waals surface area (Å²) in [5.74, 6) is 0.0175. The number of nitrogens with two attached hydrogens (primary N) is 1. The molecule has 0 aromatic carbocycles. The number of carbonyl (C=O) groups excluding carboxylic acids is 1. The van der Waals surface area contributed by atoms with Crippen LogP contribution in [0.1, 0.15) is 49.2 Å². The number of nitrogens with zero attached hydrogens (tertiary/aromatic N) is 1. The highest BCUT2D eigenvalue weighted by molar-refractivity contribution is 5.91. The zero-order valence-electron chi connectivity index (χ0n) is 9.32. The molecule has 1 aromatic rings. The first kappa shape index (κ1) is 11.8. The number of hydrogen-bond donors (Lipinski definition) is 1. The lowest BCUT2D eigenvalue weighted by atomic mass is 9.96. The van der Waals surface area contributed by atoms with Gasteiger partial charge in [-0.15, -0.1) is 0 Å². The highest BCUT2D eigenvalue weighted by Crippen LogP contribution is 2.16. The molecule has 0 spiro atoms. The van der Waals surface area contributed by atoms with E-state index in [0.29, 0.717) is 5.92 Å². The SMILES string of the molecule is CCCCC(C)Cc1conc1C(N)=O. The van der Waals surface area contributed by atoms with Gasteiger partial charge in [0.25, 0.3) is 5.91 Å². The summed E-state index contributed by atoms with van der Waals surface area (Å²) in [4.78, 5) is 11.0. The first-order chi connectivity index (χ1) is 7.15. The number of unbranched alkanes of at least 4 members (excludes halogenated alkanes) is 1. The molecule has 0 radical (unpaired) electrons. The molecular weight excluding hydrogens is 192 g/mol. The summed E-state index contributed by atoms with van der Waals surface area (Å²) in [7, 11) is 0. The van der Waals surface area contributed by atoms with Gasteiger partial charge in [-0.2, -0.15) is 0 Å². The van der Waals surface area contributed by atoms with E-state index in [0.717, 1.165) is 18.4 Å². The zero-order valence-corrected chi connectivity index (χ0v) is 9.32. The van der Waals surface area contributed by atoms with Crippen LogP contribution < -0.4 is 5.73 Å². The van der Waals surface area contributed by atoms with Crippen LogP contribution in [0.4, 0.5) is 0 Å². The summed E-state index contributed by atoms with van der Waals surface area (Å²) in [6.45, 7) is 4.33. The Morgan fingerprint density at radius 1 is 1.67 bits per heavy atom. The Labute approximate surface area is 89.8 Å². The Kier molecular flexibility index (Phi) is 4.34. The summed E-state index contributed by atoms with van der Waals surface area (Å²) < 4.78 is 4.76. The largest absolute Gasteiger partial charge is 0.364 e. The molecule has 2 N–H and O–H groups in total. The maximum absolute atomic E-state index is 11.0. The highest BCUT2D eigenvalue weighted by atomic mass is 16.5. The van der Waals surface area contributed by atoms with E-state index in [-0.39, 0.29) is 5.69 Å². The minimum Gasteiger partial charge on any atom is -0.364 e. The number of aromatic nitrogens is 1. The van der Waals surface area contributed by atoms with Crippen molar-refractivity contribution in [2.45, 2.75) is 39.5 Å². The van der Waals surface area contributed by atoms with Crippen molar-refractivity contribution >= 4 is 5.91 Å². The average molecular weight is 210 g/mol. The number of rotatable bonds is 6. The Morgan fingerprint density at radius 3 is 3.00 bits per heavy atom. The van der Waals surface area contributed by atoms with E-state index in [1.54, 1.807) is 0 Å². The predicted octanol–water partition coefficient (Wildman–Crippen LogP) is 2.14. The van der Waals surface area contributed by atoms with Crippen molar-refractivity contribution in [2.24, 2.45) is 11.7 Å². The van der Waals surface area contributed by atoms with Gasteiger partial charge in [0.15, 0.2) is 5.69 Å². The van der Waals surface area contributed by atoms with Crippen molar-refractivity contribution in [3.8, 4) is 0 Å². The van der Waals surface area contributed by atoms with Crippen LogP contribution in [0.3, 0.4) is 0 Å². The molecule has 1 aromatic heterocycles. The summed E-state index contributed by atoms with van der Waals surface area (Å²) in [5, 5.41) is 3.60. The molecule has 0 saturated carbocycles. The van der Waals surface area contributed by atoms with E-state index in [9.17, 15) is 4.79 Å². The molecule has 1 atom stereocenters. The Morgan fingerprint density at radius 2 is 2.40 bits per heavy atom. The van der Waals surface area contributed by atoms with Crippen LogP contribution in [-0.4, -0.2) is 11.1 Å². The Balaban J connectivity index is 2.56. The molecule has 0 aliphatic carbocycles. The molecule has 0 fully saturated rings. The van der Waals surface area contributed by atoms with Crippen LogP contribution in [0.5, 0.6) is 0 Å². The molecule has 4 heteroatoms. The standard InChI is InChI=1S/C11H18N2O2/c1-3-4-5-8(2)6-9-7-15-13-10(9)11(12)14/h7-8H,3-6H2,1-2H3,(H2,12,14). The van der Waals surface area contributed by atoms with Gasteiger partial charge in [0, 0.05) is 5.56 Å². The third-order valence-electron chi connectivity index (χ3n) is 2.50.